The number of anilines is 2. The van der Waals surface area contributed by atoms with Gasteiger partial charge in [0, 0.05) is 38.8 Å². The fourth-order valence-electron chi connectivity index (χ4n) is 3.63. The van der Waals surface area contributed by atoms with Crippen LogP contribution >= 0.6 is 0 Å². The zero-order valence-electron chi connectivity index (χ0n) is 16.9. The molecule has 5 nitrogen and oxygen atoms in total. The quantitative estimate of drug-likeness (QED) is 0.578. The van der Waals surface area contributed by atoms with Gasteiger partial charge in [0.2, 0.25) is 0 Å². The van der Waals surface area contributed by atoms with E-state index in [1.165, 1.54) is 18.2 Å². The van der Waals surface area contributed by atoms with Crippen molar-refractivity contribution in [3.8, 4) is 0 Å². The van der Waals surface area contributed by atoms with E-state index < -0.39 is 11.7 Å². The molecule has 3 aromatic rings. The number of alkyl halides is 3. The van der Waals surface area contributed by atoms with Gasteiger partial charge in [-0.25, -0.2) is 9.37 Å². The number of aromatic nitrogens is 3. The zero-order chi connectivity index (χ0) is 22.0. The van der Waals surface area contributed by atoms with Gasteiger partial charge in [0.1, 0.15) is 11.6 Å². The Morgan fingerprint density at radius 3 is 2.16 bits per heavy atom. The molecule has 0 atom stereocenters. The number of pyridine rings is 1. The van der Waals surface area contributed by atoms with Gasteiger partial charge in [-0.1, -0.05) is 12.1 Å². The van der Waals surface area contributed by atoms with Gasteiger partial charge in [0.05, 0.1) is 11.3 Å². The minimum absolute atomic E-state index is 0.271. The Morgan fingerprint density at radius 1 is 0.903 bits per heavy atom. The summed E-state index contributed by atoms with van der Waals surface area (Å²) in [5.74, 6) is 1.06. The standard InChI is InChI=1S/C22H21F4N5/c1-15-12-19(13-16-2-5-18(23)6-3-16)28-29-21(15)31-10-8-30(9-11-31)20-7-4-17(14-27-20)22(24,25)26/h2-7,12,14H,8-11,13H2,1H3. The number of hydrogen-bond donors (Lipinski definition) is 0. The molecule has 2 aromatic heterocycles. The summed E-state index contributed by atoms with van der Waals surface area (Å²) < 4.78 is 51.2. The molecule has 0 radical (unpaired) electrons. The second-order valence-corrected chi connectivity index (χ2v) is 7.52. The predicted molar refractivity (Wildman–Crippen MR) is 110 cm³/mol. The first kappa shape index (κ1) is 21.0. The van der Waals surface area contributed by atoms with E-state index in [0.29, 0.717) is 38.4 Å². The Labute approximate surface area is 177 Å². The predicted octanol–water partition coefficient (Wildman–Crippen LogP) is 4.26. The fraction of sp³-hybridized carbons (Fsp3) is 0.318. The first-order chi connectivity index (χ1) is 14.8. The number of halogens is 4. The molecule has 0 amide bonds. The molecule has 1 aliphatic rings. The highest BCUT2D eigenvalue weighted by Gasteiger charge is 2.31. The second kappa shape index (κ2) is 8.49. The Bertz CT molecular complexity index is 1030. The van der Waals surface area contributed by atoms with Crippen molar-refractivity contribution in [2.45, 2.75) is 19.5 Å². The van der Waals surface area contributed by atoms with Crippen LogP contribution in [0.3, 0.4) is 0 Å². The highest BCUT2D eigenvalue weighted by molar-refractivity contribution is 5.49. The molecule has 1 aromatic carbocycles. The van der Waals surface area contributed by atoms with Gasteiger partial charge in [0.15, 0.2) is 5.82 Å². The van der Waals surface area contributed by atoms with Crippen molar-refractivity contribution in [2.75, 3.05) is 36.0 Å². The molecule has 0 saturated carbocycles. The maximum atomic E-state index is 13.1. The summed E-state index contributed by atoms with van der Waals surface area (Å²) in [7, 11) is 0. The van der Waals surface area contributed by atoms with Crippen LogP contribution in [-0.2, 0) is 12.6 Å². The minimum atomic E-state index is -4.39. The number of nitrogens with zero attached hydrogens (tertiary/aromatic N) is 5. The lowest BCUT2D eigenvalue weighted by Crippen LogP contribution is -2.47. The van der Waals surface area contributed by atoms with Crippen LogP contribution in [0.2, 0.25) is 0 Å². The van der Waals surface area contributed by atoms with Crippen molar-refractivity contribution in [3.63, 3.8) is 0 Å². The highest BCUT2D eigenvalue weighted by Crippen LogP contribution is 2.29. The fourth-order valence-corrected chi connectivity index (χ4v) is 3.63. The van der Waals surface area contributed by atoms with Crippen molar-refractivity contribution in [3.05, 3.63) is 76.9 Å². The summed E-state index contributed by atoms with van der Waals surface area (Å²) in [6.07, 6.45) is -2.94. The van der Waals surface area contributed by atoms with Gasteiger partial charge < -0.3 is 9.80 Å². The van der Waals surface area contributed by atoms with Crippen LogP contribution in [0.15, 0.2) is 48.7 Å². The van der Waals surface area contributed by atoms with Crippen LogP contribution in [0.5, 0.6) is 0 Å². The van der Waals surface area contributed by atoms with E-state index in [9.17, 15) is 17.6 Å². The van der Waals surface area contributed by atoms with Crippen LogP contribution in [0.4, 0.5) is 29.2 Å². The Kier molecular flexibility index (Phi) is 5.75. The van der Waals surface area contributed by atoms with E-state index in [2.05, 4.69) is 20.1 Å². The van der Waals surface area contributed by atoms with Gasteiger partial charge in [-0.3, -0.25) is 0 Å². The van der Waals surface area contributed by atoms with Crippen LogP contribution in [0.25, 0.3) is 0 Å². The molecule has 162 valence electrons. The smallest absolute Gasteiger partial charge is 0.353 e. The molecule has 4 rings (SSSR count). The molecule has 0 N–H and O–H groups in total. The Morgan fingerprint density at radius 2 is 1.58 bits per heavy atom. The minimum Gasteiger partial charge on any atom is -0.353 e. The molecule has 1 fully saturated rings. The molecule has 0 spiro atoms. The van der Waals surface area contributed by atoms with E-state index in [1.54, 1.807) is 12.1 Å². The van der Waals surface area contributed by atoms with E-state index in [4.69, 9.17) is 0 Å². The summed E-state index contributed by atoms with van der Waals surface area (Å²) >= 11 is 0. The largest absolute Gasteiger partial charge is 0.417 e. The summed E-state index contributed by atoms with van der Waals surface area (Å²) in [6, 6.07) is 10.8. The Hall–Kier alpha value is -3.23. The number of rotatable bonds is 4. The molecule has 31 heavy (non-hydrogen) atoms. The molecule has 1 saturated heterocycles. The third-order valence-corrected chi connectivity index (χ3v) is 5.29. The number of hydrogen-bond acceptors (Lipinski definition) is 5. The molecule has 9 heteroatoms. The molecule has 0 aliphatic carbocycles. The lowest BCUT2D eigenvalue weighted by atomic mass is 10.1. The van der Waals surface area contributed by atoms with E-state index in [-0.39, 0.29) is 5.82 Å². The SMILES string of the molecule is Cc1cc(Cc2ccc(F)cc2)nnc1N1CCN(c2ccc(C(F)(F)F)cn2)CC1. The van der Waals surface area contributed by atoms with Crippen molar-refractivity contribution in [1.29, 1.82) is 0 Å². The third kappa shape index (κ3) is 4.92. The second-order valence-electron chi connectivity index (χ2n) is 7.52. The zero-order valence-corrected chi connectivity index (χ0v) is 16.9. The van der Waals surface area contributed by atoms with Crippen LogP contribution in [0, 0.1) is 12.7 Å². The number of piperazine rings is 1. The van der Waals surface area contributed by atoms with E-state index >= 15 is 0 Å². The number of aryl methyl sites for hydroxylation is 1. The van der Waals surface area contributed by atoms with Gasteiger partial charge in [-0.15, -0.1) is 5.10 Å². The molecule has 3 heterocycles. The monoisotopic (exact) mass is 431 g/mol. The van der Waals surface area contributed by atoms with E-state index in [1.807, 2.05) is 17.9 Å². The maximum absolute atomic E-state index is 13.1. The maximum Gasteiger partial charge on any atom is 0.417 e. The van der Waals surface area contributed by atoms with Crippen molar-refractivity contribution < 1.29 is 17.6 Å². The normalized spacial score (nSPS) is 14.7. The van der Waals surface area contributed by atoms with Gasteiger partial charge in [-0.05, 0) is 48.4 Å². The Balaban J connectivity index is 1.38. The molecule has 1 aliphatic heterocycles. The van der Waals surface area contributed by atoms with Crippen LogP contribution in [0.1, 0.15) is 22.4 Å². The van der Waals surface area contributed by atoms with Crippen LogP contribution < -0.4 is 9.80 Å². The lowest BCUT2D eigenvalue weighted by Gasteiger charge is -2.36. The van der Waals surface area contributed by atoms with Gasteiger partial charge in [0.25, 0.3) is 0 Å². The third-order valence-electron chi connectivity index (χ3n) is 5.29. The van der Waals surface area contributed by atoms with Crippen molar-refractivity contribution >= 4 is 11.6 Å². The van der Waals surface area contributed by atoms with Gasteiger partial charge in [-0.2, -0.15) is 18.3 Å². The summed E-state index contributed by atoms with van der Waals surface area (Å²) in [6.45, 7) is 4.54. The number of benzene rings is 1. The van der Waals surface area contributed by atoms with Gasteiger partial charge >= 0.3 is 6.18 Å². The average molecular weight is 431 g/mol. The summed E-state index contributed by atoms with van der Waals surface area (Å²) in [5.41, 5.74) is 2.01. The first-order valence-corrected chi connectivity index (χ1v) is 9.90. The lowest BCUT2D eigenvalue weighted by molar-refractivity contribution is -0.137. The topological polar surface area (TPSA) is 45.2 Å². The molecule has 0 unspecified atom stereocenters. The van der Waals surface area contributed by atoms with Crippen molar-refractivity contribution in [2.24, 2.45) is 0 Å². The average Bonchev–Trinajstić information content (AvgIpc) is 2.75. The summed E-state index contributed by atoms with van der Waals surface area (Å²) in [4.78, 5) is 8.05. The van der Waals surface area contributed by atoms with Crippen LogP contribution in [-0.4, -0.2) is 41.4 Å². The first-order valence-electron chi connectivity index (χ1n) is 9.90. The molecule has 0 bridgehead atoms. The van der Waals surface area contributed by atoms with Crippen molar-refractivity contribution in [1.82, 2.24) is 15.2 Å². The highest BCUT2D eigenvalue weighted by atomic mass is 19.4. The van der Waals surface area contributed by atoms with E-state index in [0.717, 1.165) is 34.9 Å². The summed E-state index contributed by atoms with van der Waals surface area (Å²) in [5, 5.41) is 8.72. The molecular formula is C22H21F4N5. The molecular weight excluding hydrogens is 410 g/mol.